The average Bonchev–Trinajstić information content (AvgIpc) is 2.70. The molecule has 0 saturated carbocycles. The Morgan fingerprint density at radius 2 is 1.83 bits per heavy atom. The van der Waals surface area contributed by atoms with Crippen molar-refractivity contribution < 1.29 is 10.2 Å². The Hall–Kier alpha value is -1.85. The molecule has 18 heavy (non-hydrogen) atoms. The number of aromatic nitrogens is 1. The quantitative estimate of drug-likeness (QED) is 0.632. The molecule has 0 amide bonds. The average molecular weight is 245 g/mol. The number of nitrogens with two attached hydrogens (primary N) is 1. The smallest absolute Gasteiger partial charge is 0.0990 e. The van der Waals surface area contributed by atoms with Crippen molar-refractivity contribution in [2.24, 2.45) is 0 Å². The highest BCUT2D eigenvalue weighted by Gasteiger charge is 2.30. The number of hydrogen-bond acceptors (Lipinski definition) is 5. The van der Waals surface area contributed by atoms with Gasteiger partial charge in [-0.3, -0.25) is 4.98 Å². The van der Waals surface area contributed by atoms with E-state index in [-0.39, 0.29) is 0 Å². The molecule has 0 aliphatic carbocycles. The van der Waals surface area contributed by atoms with Crippen molar-refractivity contribution in [2.45, 2.75) is 12.2 Å². The Kier molecular flexibility index (Phi) is 2.57. The summed E-state index contributed by atoms with van der Waals surface area (Å²) >= 11 is 0. The molecule has 2 heterocycles. The van der Waals surface area contributed by atoms with Crippen LogP contribution in [0.25, 0.3) is 10.8 Å². The van der Waals surface area contributed by atoms with E-state index in [1.807, 2.05) is 23.1 Å². The molecule has 4 N–H and O–H groups in total. The Morgan fingerprint density at radius 3 is 2.56 bits per heavy atom. The van der Waals surface area contributed by atoms with E-state index in [4.69, 9.17) is 5.73 Å². The molecule has 0 spiro atoms. The van der Waals surface area contributed by atoms with Crippen LogP contribution in [0.3, 0.4) is 0 Å². The van der Waals surface area contributed by atoms with Gasteiger partial charge >= 0.3 is 0 Å². The lowest BCUT2D eigenvalue weighted by Crippen LogP contribution is -2.22. The zero-order valence-corrected chi connectivity index (χ0v) is 9.82. The van der Waals surface area contributed by atoms with E-state index in [2.05, 4.69) is 4.98 Å². The maximum Gasteiger partial charge on any atom is 0.0990 e. The van der Waals surface area contributed by atoms with Gasteiger partial charge < -0.3 is 20.8 Å². The minimum atomic E-state index is -0.700. The number of nitrogen functional groups attached to an aromatic ring is 1. The van der Waals surface area contributed by atoms with Crippen molar-refractivity contribution in [2.75, 3.05) is 23.7 Å². The standard InChI is InChI=1S/C13H15N3O2/c14-10-1-2-11(9-5-15-4-3-8(9)10)16-6-12(17)13(18)7-16/h1-5,12-13,17-18H,6-7,14H2. The van der Waals surface area contributed by atoms with Crippen LogP contribution in [0.15, 0.2) is 30.6 Å². The number of benzene rings is 1. The molecule has 0 bridgehead atoms. The first-order chi connectivity index (χ1) is 8.66. The molecule has 5 heteroatoms. The molecule has 5 nitrogen and oxygen atoms in total. The van der Waals surface area contributed by atoms with Gasteiger partial charge in [0, 0.05) is 47.6 Å². The summed E-state index contributed by atoms with van der Waals surface area (Å²) in [6, 6.07) is 5.62. The summed E-state index contributed by atoms with van der Waals surface area (Å²) in [4.78, 5) is 6.07. The van der Waals surface area contributed by atoms with Gasteiger partial charge in [-0.05, 0) is 18.2 Å². The third kappa shape index (κ3) is 1.68. The van der Waals surface area contributed by atoms with Gasteiger partial charge in [0.1, 0.15) is 0 Å². The molecule has 1 aromatic carbocycles. The van der Waals surface area contributed by atoms with Gasteiger partial charge in [-0.25, -0.2) is 0 Å². The van der Waals surface area contributed by atoms with Crippen LogP contribution in [0.5, 0.6) is 0 Å². The van der Waals surface area contributed by atoms with Gasteiger partial charge in [0.25, 0.3) is 0 Å². The first-order valence-corrected chi connectivity index (χ1v) is 5.90. The Morgan fingerprint density at radius 1 is 1.11 bits per heavy atom. The first kappa shape index (κ1) is 11.3. The lowest BCUT2D eigenvalue weighted by atomic mass is 10.1. The maximum atomic E-state index is 9.62. The highest BCUT2D eigenvalue weighted by Crippen LogP contribution is 2.32. The number of aliphatic hydroxyl groups is 2. The molecule has 1 aromatic heterocycles. The van der Waals surface area contributed by atoms with Gasteiger partial charge in [-0.2, -0.15) is 0 Å². The summed E-state index contributed by atoms with van der Waals surface area (Å²) in [6.45, 7) is 0.851. The predicted molar refractivity (Wildman–Crippen MR) is 70.4 cm³/mol. The second kappa shape index (κ2) is 4.12. The van der Waals surface area contributed by atoms with Crippen molar-refractivity contribution in [3.8, 4) is 0 Å². The third-order valence-corrected chi connectivity index (χ3v) is 3.43. The van der Waals surface area contributed by atoms with Crippen molar-refractivity contribution in [3.05, 3.63) is 30.6 Å². The van der Waals surface area contributed by atoms with Crippen molar-refractivity contribution in [1.82, 2.24) is 4.98 Å². The molecule has 0 radical (unpaired) electrons. The van der Waals surface area contributed by atoms with Gasteiger partial charge in [-0.1, -0.05) is 0 Å². The molecule has 2 aromatic rings. The van der Waals surface area contributed by atoms with Crippen LogP contribution in [-0.2, 0) is 0 Å². The van der Waals surface area contributed by atoms with Crippen LogP contribution < -0.4 is 10.6 Å². The topological polar surface area (TPSA) is 82.6 Å². The zero-order valence-electron chi connectivity index (χ0n) is 9.82. The Bertz CT molecular complexity index is 577. The fourth-order valence-electron chi connectivity index (χ4n) is 2.44. The number of β-amino-alcohol motifs (C(OH)–C–C–N with tert-alkyl or cyclic N) is 2. The minimum absolute atomic E-state index is 0.426. The van der Waals surface area contributed by atoms with E-state index in [1.54, 1.807) is 12.4 Å². The van der Waals surface area contributed by atoms with E-state index < -0.39 is 12.2 Å². The predicted octanol–water partition coefficient (Wildman–Crippen LogP) is 0.359. The fourth-order valence-corrected chi connectivity index (χ4v) is 2.44. The van der Waals surface area contributed by atoms with Crippen LogP contribution >= 0.6 is 0 Å². The molecule has 1 fully saturated rings. The van der Waals surface area contributed by atoms with Crippen LogP contribution in [0.2, 0.25) is 0 Å². The van der Waals surface area contributed by atoms with Crippen molar-refractivity contribution >= 4 is 22.1 Å². The number of pyridine rings is 1. The van der Waals surface area contributed by atoms with Crippen molar-refractivity contribution in [1.29, 1.82) is 0 Å². The highest BCUT2D eigenvalue weighted by molar-refractivity contribution is 6.00. The van der Waals surface area contributed by atoms with Gasteiger partial charge in [0.05, 0.1) is 12.2 Å². The summed E-state index contributed by atoms with van der Waals surface area (Å²) in [5.74, 6) is 0. The van der Waals surface area contributed by atoms with Crippen LogP contribution in [0.4, 0.5) is 11.4 Å². The molecular formula is C13H15N3O2. The number of aliphatic hydroxyl groups excluding tert-OH is 2. The molecule has 3 rings (SSSR count). The number of hydrogen-bond donors (Lipinski definition) is 3. The molecular weight excluding hydrogens is 230 g/mol. The second-order valence-corrected chi connectivity index (χ2v) is 4.63. The van der Waals surface area contributed by atoms with Crippen LogP contribution in [-0.4, -0.2) is 40.5 Å². The molecule has 1 aliphatic rings. The van der Waals surface area contributed by atoms with Crippen LogP contribution in [0.1, 0.15) is 0 Å². The van der Waals surface area contributed by atoms with Gasteiger partial charge in [-0.15, -0.1) is 0 Å². The van der Waals surface area contributed by atoms with E-state index in [9.17, 15) is 10.2 Å². The van der Waals surface area contributed by atoms with E-state index >= 15 is 0 Å². The number of rotatable bonds is 1. The molecule has 1 saturated heterocycles. The summed E-state index contributed by atoms with van der Waals surface area (Å²) in [6.07, 6.45) is 2.07. The molecule has 1 aliphatic heterocycles. The fraction of sp³-hybridized carbons (Fsp3) is 0.308. The lowest BCUT2D eigenvalue weighted by Gasteiger charge is -2.20. The summed E-state index contributed by atoms with van der Waals surface area (Å²) in [5, 5.41) is 21.1. The monoisotopic (exact) mass is 245 g/mol. The molecule has 94 valence electrons. The van der Waals surface area contributed by atoms with E-state index in [0.29, 0.717) is 18.8 Å². The number of nitrogens with zero attached hydrogens (tertiary/aromatic N) is 2. The number of anilines is 2. The third-order valence-electron chi connectivity index (χ3n) is 3.43. The maximum absolute atomic E-state index is 9.62. The zero-order chi connectivity index (χ0) is 12.7. The van der Waals surface area contributed by atoms with E-state index in [1.165, 1.54) is 0 Å². The SMILES string of the molecule is Nc1ccc(N2CC(O)C(O)C2)c2cnccc12. The molecule has 2 atom stereocenters. The van der Waals surface area contributed by atoms with Gasteiger partial charge in [0.15, 0.2) is 0 Å². The van der Waals surface area contributed by atoms with Crippen LogP contribution in [0, 0.1) is 0 Å². The largest absolute Gasteiger partial charge is 0.398 e. The van der Waals surface area contributed by atoms with Crippen molar-refractivity contribution in [3.63, 3.8) is 0 Å². The summed E-state index contributed by atoms with van der Waals surface area (Å²) in [5.41, 5.74) is 7.59. The molecule has 2 unspecified atom stereocenters. The second-order valence-electron chi connectivity index (χ2n) is 4.63. The minimum Gasteiger partial charge on any atom is -0.398 e. The number of fused-ring (bicyclic) bond motifs is 1. The lowest BCUT2D eigenvalue weighted by molar-refractivity contribution is 0.0572. The normalized spacial score (nSPS) is 23.8. The first-order valence-electron chi connectivity index (χ1n) is 5.90. The van der Waals surface area contributed by atoms with Gasteiger partial charge in [0.2, 0.25) is 0 Å². The summed E-state index contributed by atoms with van der Waals surface area (Å²) in [7, 11) is 0. The summed E-state index contributed by atoms with van der Waals surface area (Å²) < 4.78 is 0. The highest BCUT2D eigenvalue weighted by atomic mass is 16.3. The van der Waals surface area contributed by atoms with E-state index in [0.717, 1.165) is 16.5 Å². The Labute approximate surface area is 104 Å². The Balaban J connectivity index is 2.10.